The maximum atomic E-state index is 5.82. The number of ether oxygens (including phenoxy) is 3. The average Bonchev–Trinajstić information content (AvgIpc) is 2.28. The summed E-state index contributed by atoms with van der Waals surface area (Å²) in [5.41, 5.74) is 1.17. The fourth-order valence-electron chi connectivity index (χ4n) is 1.94. The van der Waals surface area contributed by atoms with Crippen LogP contribution in [-0.2, 0) is 20.8 Å². The quantitative estimate of drug-likeness (QED) is 0.807. The first kappa shape index (κ1) is 12.6. The molecule has 2 rings (SSSR count). The van der Waals surface area contributed by atoms with Gasteiger partial charge in [0.05, 0.1) is 19.3 Å². The number of hydrogen-bond acceptors (Lipinski definition) is 3. The summed E-state index contributed by atoms with van der Waals surface area (Å²) < 4.78 is 17.1. The van der Waals surface area contributed by atoms with Crippen molar-refractivity contribution in [3.05, 3.63) is 35.9 Å². The molecule has 94 valence electrons. The van der Waals surface area contributed by atoms with Crippen molar-refractivity contribution in [1.82, 2.24) is 0 Å². The monoisotopic (exact) mass is 236 g/mol. The van der Waals surface area contributed by atoms with Crippen LogP contribution in [0.4, 0.5) is 0 Å². The Kier molecular flexibility index (Phi) is 3.82. The lowest BCUT2D eigenvalue weighted by Gasteiger charge is -2.39. The Morgan fingerprint density at radius 1 is 1.29 bits per heavy atom. The first-order valence-electron chi connectivity index (χ1n) is 6.04. The molecule has 3 heteroatoms. The molecule has 0 unspecified atom stereocenters. The molecule has 17 heavy (non-hydrogen) atoms. The molecule has 3 nitrogen and oxygen atoms in total. The van der Waals surface area contributed by atoms with E-state index in [2.05, 4.69) is 12.1 Å². The van der Waals surface area contributed by atoms with Crippen molar-refractivity contribution >= 4 is 0 Å². The summed E-state index contributed by atoms with van der Waals surface area (Å²) in [4.78, 5) is 0. The van der Waals surface area contributed by atoms with Gasteiger partial charge in [-0.15, -0.1) is 0 Å². The van der Waals surface area contributed by atoms with Gasteiger partial charge in [-0.3, -0.25) is 0 Å². The fourth-order valence-corrected chi connectivity index (χ4v) is 1.94. The maximum absolute atomic E-state index is 5.82. The highest BCUT2D eigenvalue weighted by atomic mass is 16.7. The summed E-state index contributed by atoms with van der Waals surface area (Å²) >= 11 is 0. The highest BCUT2D eigenvalue weighted by molar-refractivity contribution is 5.13. The molecule has 0 spiro atoms. The Morgan fingerprint density at radius 2 is 2.00 bits per heavy atom. The van der Waals surface area contributed by atoms with Crippen LogP contribution in [0.5, 0.6) is 0 Å². The molecule has 1 aliphatic rings. The van der Waals surface area contributed by atoms with Gasteiger partial charge >= 0.3 is 0 Å². The topological polar surface area (TPSA) is 27.7 Å². The smallest absolute Gasteiger partial charge is 0.163 e. The van der Waals surface area contributed by atoms with Gasteiger partial charge in [-0.1, -0.05) is 30.3 Å². The highest BCUT2D eigenvalue weighted by Crippen LogP contribution is 2.24. The molecule has 0 amide bonds. The van der Waals surface area contributed by atoms with E-state index in [1.165, 1.54) is 5.56 Å². The standard InChI is InChI=1S/C14H20O3/c1-11-13(10-16-14(2,3)17-11)15-9-12-7-5-4-6-8-12/h4-8,11,13H,9-10H2,1-3H3/t11-,13-/m0/s1. The van der Waals surface area contributed by atoms with Crippen LogP contribution in [0.2, 0.25) is 0 Å². The van der Waals surface area contributed by atoms with E-state index in [1.807, 2.05) is 39.0 Å². The van der Waals surface area contributed by atoms with Gasteiger partial charge in [0, 0.05) is 0 Å². The normalized spacial score (nSPS) is 27.9. The SMILES string of the molecule is C[C@@H]1OC(C)(C)OC[C@@H]1OCc1ccccc1. The molecule has 0 bridgehead atoms. The molecule has 0 radical (unpaired) electrons. The number of rotatable bonds is 3. The van der Waals surface area contributed by atoms with Crippen molar-refractivity contribution in [2.45, 2.75) is 45.4 Å². The summed E-state index contributed by atoms with van der Waals surface area (Å²) in [6, 6.07) is 10.1. The third-order valence-corrected chi connectivity index (χ3v) is 2.90. The Balaban J connectivity index is 1.84. The van der Waals surface area contributed by atoms with E-state index in [1.54, 1.807) is 0 Å². The molecule has 0 N–H and O–H groups in total. The summed E-state index contributed by atoms with van der Waals surface area (Å²) in [5.74, 6) is -0.494. The van der Waals surface area contributed by atoms with Crippen LogP contribution in [-0.4, -0.2) is 24.6 Å². The molecule has 0 saturated carbocycles. The highest BCUT2D eigenvalue weighted by Gasteiger charge is 2.34. The Labute approximate surface area is 103 Å². The zero-order chi connectivity index (χ0) is 12.3. The lowest BCUT2D eigenvalue weighted by atomic mass is 10.2. The van der Waals surface area contributed by atoms with E-state index in [4.69, 9.17) is 14.2 Å². The third kappa shape index (κ3) is 3.53. The van der Waals surface area contributed by atoms with Crippen LogP contribution in [0.1, 0.15) is 26.3 Å². The van der Waals surface area contributed by atoms with Gasteiger partial charge in [0.15, 0.2) is 5.79 Å². The van der Waals surface area contributed by atoms with Gasteiger partial charge in [0.2, 0.25) is 0 Å². The van der Waals surface area contributed by atoms with Crippen LogP contribution in [0.25, 0.3) is 0 Å². The first-order chi connectivity index (χ1) is 8.07. The molecule has 1 aliphatic heterocycles. The molecule has 1 aromatic carbocycles. The minimum absolute atomic E-state index is 0.00299. The van der Waals surface area contributed by atoms with Gasteiger partial charge in [0.1, 0.15) is 6.10 Å². The number of hydrogen-bond donors (Lipinski definition) is 0. The van der Waals surface area contributed by atoms with Crippen LogP contribution in [0.3, 0.4) is 0 Å². The van der Waals surface area contributed by atoms with Crippen molar-refractivity contribution in [2.75, 3.05) is 6.61 Å². The van der Waals surface area contributed by atoms with E-state index in [-0.39, 0.29) is 12.2 Å². The molecule has 1 aromatic rings. The first-order valence-corrected chi connectivity index (χ1v) is 6.04. The molecule has 1 saturated heterocycles. The summed E-state index contributed by atoms with van der Waals surface area (Å²) in [7, 11) is 0. The van der Waals surface area contributed by atoms with Crippen molar-refractivity contribution in [1.29, 1.82) is 0 Å². The summed E-state index contributed by atoms with van der Waals surface area (Å²) in [6.07, 6.45) is 0.0608. The van der Waals surface area contributed by atoms with E-state index >= 15 is 0 Å². The van der Waals surface area contributed by atoms with Crippen molar-refractivity contribution in [3.8, 4) is 0 Å². The van der Waals surface area contributed by atoms with Gasteiger partial charge in [-0.25, -0.2) is 0 Å². The van der Waals surface area contributed by atoms with Crippen molar-refractivity contribution in [2.24, 2.45) is 0 Å². The summed E-state index contributed by atoms with van der Waals surface area (Å²) in [5, 5.41) is 0. The van der Waals surface area contributed by atoms with Crippen molar-refractivity contribution < 1.29 is 14.2 Å². The third-order valence-electron chi connectivity index (χ3n) is 2.90. The van der Waals surface area contributed by atoms with Crippen LogP contribution in [0.15, 0.2) is 30.3 Å². The van der Waals surface area contributed by atoms with Gasteiger partial charge in [-0.2, -0.15) is 0 Å². The second-order valence-electron chi connectivity index (χ2n) is 4.87. The molecule has 0 aliphatic carbocycles. The Hall–Kier alpha value is -0.900. The van der Waals surface area contributed by atoms with E-state index in [9.17, 15) is 0 Å². The van der Waals surface area contributed by atoms with Crippen LogP contribution < -0.4 is 0 Å². The average molecular weight is 236 g/mol. The fraction of sp³-hybridized carbons (Fsp3) is 0.571. The van der Waals surface area contributed by atoms with Crippen LogP contribution >= 0.6 is 0 Å². The van der Waals surface area contributed by atoms with Crippen molar-refractivity contribution in [3.63, 3.8) is 0 Å². The molecule has 1 fully saturated rings. The van der Waals surface area contributed by atoms with E-state index in [0.29, 0.717) is 13.2 Å². The predicted molar refractivity (Wildman–Crippen MR) is 65.6 cm³/mol. The van der Waals surface area contributed by atoms with Gasteiger partial charge < -0.3 is 14.2 Å². The molecular weight excluding hydrogens is 216 g/mol. The number of benzene rings is 1. The van der Waals surface area contributed by atoms with Gasteiger partial charge in [-0.05, 0) is 26.3 Å². The predicted octanol–water partition coefficient (Wildman–Crippen LogP) is 2.74. The summed E-state index contributed by atoms with van der Waals surface area (Å²) in [6.45, 7) is 7.07. The minimum atomic E-state index is -0.494. The maximum Gasteiger partial charge on any atom is 0.163 e. The zero-order valence-corrected chi connectivity index (χ0v) is 10.7. The molecular formula is C14H20O3. The second-order valence-corrected chi connectivity index (χ2v) is 4.87. The molecule has 0 aromatic heterocycles. The lowest BCUT2D eigenvalue weighted by molar-refractivity contribution is -0.307. The van der Waals surface area contributed by atoms with Crippen LogP contribution in [0, 0.1) is 0 Å². The molecule has 2 atom stereocenters. The Bertz CT molecular complexity index is 348. The van der Waals surface area contributed by atoms with E-state index in [0.717, 1.165) is 0 Å². The molecule has 1 heterocycles. The Morgan fingerprint density at radius 3 is 2.65 bits per heavy atom. The zero-order valence-electron chi connectivity index (χ0n) is 10.7. The largest absolute Gasteiger partial charge is 0.368 e. The minimum Gasteiger partial charge on any atom is -0.368 e. The van der Waals surface area contributed by atoms with E-state index < -0.39 is 5.79 Å². The lowest BCUT2D eigenvalue weighted by Crippen LogP contribution is -2.48. The second kappa shape index (κ2) is 5.17. The van der Waals surface area contributed by atoms with Gasteiger partial charge in [0.25, 0.3) is 0 Å².